The number of hydrogen-bond acceptors (Lipinski definition) is 4. The molecule has 150 valence electrons. The fraction of sp³-hybridized carbons (Fsp3) is 0.0870. The Labute approximate surface area is 171 Å². The van der Waals surface area contributed by atoms with Crippen LogP contribution in [-0.4, -0.2) is 15.5 Å². The number of fused-ring (bicyclic) bond motifs is 1. The number of hydrogen-bond donors (Lipinski definition) is 1. The van der Waals surface area contributed by atoms with Crippen LogP contribution in [0.1, 0.15) is 16.1 Å². The number of anilines is 1. The normalized spacial score (nSPS) is 10.7. The predicted octanol–water partition coefficient (Wildman–Crippen LogP) is 3.90. The second-order valence-corrected chi connectivity index (χ2v) is 6.67. The molecule has 0 bridgehead atoms. The Morgan fingerprint density at radius 1 is 1.03 bits per heavy atom. The molecule has 1 N–H and O–H groups in total. The SMILES string of the molecule is Cn1c(=O)c(C(=O)Nc2ccc(OCc3ccccc3F)cc2)nc2ccccc21. The highest BCUT2D eigenvalue weighted by atomic mass is 19.1. The molecule has 4 aromatic rings. The van der Waals surface area contributed by atoms with Gasteiger partial charge in [-0.15, -0.1) is 0 Å². The van der Waals surface area contributed by atoms with E-state index in [-0.39, 0.29) is 18.1 Å². The second-order valence-electron chi connectivity index (χ2n) is 6.67. The third kappa shape index (κ3) is 3.91. The molecule has 3 aromatic carbocycles. The number of rotatable bonds is 5. The van der Waals surface area contributed by atoms with Gasteiger partial charge in [0.2, 0.25) is 0 Å². The van der Waals surface area contributed by atoms with Crippen LogP contribution < -0.4 is 15.6 Å². The van der Waals surface area contributed by atoms with Gasteiger partial charge in [-0.3, -0.25) is 9.59 Å². The van der Waals surface area contributed by atoms with Crippen molar-refractivity contribution in [1.29, 1.82) is 0 Å². The molecule has 1 heterocycles. The fourth-order valence-corrected chi connectivity index (χ4v) is 3.03. The number of benzene rings is 3. The van der Waals surface area contributed by atoms with Gasteiger partial charge in [-0.2, -0.15) is 0 Å². The topological polar surface area (TPSA) is 73.2 Å². The zero-order valence-corrected chi connectivity index (χ0v) is 16.1. The summed E-state index contributed by atoms with van der Waals surface area (Å²) in [4.78, 5) is 29.3. The van der Waals surface area contributed by atoms with Gasteiger partial charge in [0, 0.05) is 18.3 Å². The van der Waals surface area contributed by atoms with Crippen LogP contribution in [0.3, 0.4) is 0 Å². The molecule has 0 spiro atoms. The van der Waals surface area contributed by atoms with Crippen molar-refractivity contribution < 1.29 is 13.9 Å². The highest BCUT2D eigenvalue weighted by Crippen LogP contribution is 2.18. The number of amides is 1. The molecule has 0 aliphatic rings. The van der Waals surface area contributed by atoms with Gasteiger partial charge in [0.15, 0.2) is 5.69 Å². The van der Waals surface area contributed by atoms with Crippen molar-refractivity contribution in [3.8, 4) is 5.75 Å². The van der Waals surface area contributed by atoms with E-state index in [4.69, 9.17) is 4.74 Å². The Kier molecular flexibility index (Phi) is 5.26. The maximum Gasteiger partial charge on any atom is 0.282 e. The molecule has 0 saturated heterocycles. The lowest BCUT2D eigenvalue weighted by atomic mass is 10.2. The van der Waals surface area contributed by atoms with Gasteiger partial charge >= 0.3 is 0 Å². The molecular weight excluding hydrogens is 385 g/mol. The molecule has 0 unspecified atom stereocenters. The number of carbonyl (C=O) groups is 1. The van der Waals surface area contributed by atoms with Crippen molar-refractivity contribution in [1.82, 2.24) is 9.55 Å². The molecule has 7 heteroatoms. The number of nitrogens with one attached hydrogen (secondary N) is 1. The highest BCUT2D eigenvalue weighted by Gasteiger charge is 2.16. The van der Waals surface area contributed by atoms with Gasteiger partial charge in [-0.1, -0.05) is 30.3 Å². The average Bonchev–Trinajstić information content (AvgIpc) is 2.76. The van der Waals surface area contributed by atoms with E-state index >= 15 is 0 Å². The van der Waals surface area contributed by atoms with Gasteiger partial charge in [0.25, 0.3) is 11.5 Å². The van der Waals surface area contributed by atoms with Crippen molar-refractivity contribution >= 4 is 22.6 Å². The van der Waals surface area contributed by atoms with E-state index in [0.717, 1.165) is 0 Å². The average molecular weight is 403 g/mol. The monoisotopic (exact) mass is 403 g/mol. The van der Waals surface area contributed by atoms with Crippen molar-refractivity contribution in [2.75, 3.05) is 5.32 Å². The minimum Gasteiger partial charge on any atom is -0.489 e. The first-order valence-corrected chi connectivity index (χ1v) is 9.26. The van der Waals surface area contributed by atoms with Gasteiger partial charge < -0.3 is 14.6 Å². The first-order chi connectivity index (χ1) is 14.5. The summed E-state index contributed by atoms with van der Waals surface area (Å²) in [6, 6.07) is 20.1. The number of ether oxygens (including phenoxy) is 1. The summed E-state index contributed by atoms with van der Waals surface area (Å²) < 4.78 is 20.6. The molecule has 0 radical (unpaired) electrons. The van der Waals surface area contributed by atoms with Crippen molar-refractivity contribution in [3.05, 3.63) is 100 Å². The number of nitrogens with zero attached hydrogens (tertiary/aromatic N) is 2. The summed E-state index contributed by atoms with van der Waals surface area (Å²) in [5, 5.41) is 2.67. The molecule has 0 saturated carbocycles. The molecule has 4 rings (SSSR count). The zero-order chi connectivity index (χ0) is 21.1. The van der Waals surface area contributed by atoms with Crippen molar-refractivity contribution in [2.24, 2.45) is 7.05 Å². The molecule has 1 amide bonds. The third-order valence-corrected chi connectivity index (χ3v) is 4.66. The maximum atomic E-state index is 13.7. The van der Waals surface area contributed by atoms with Gasteiger partial charge in [-0.25, -0.2) is 9.37 Å². The number of para-hydroxylation sites is 2. The lowest BCUT2D eigenvalue weighted by Gasteiger charge is -2.10. The minimum absolute atomic E-state index is 0.0927. The molecule has 0 aliphatic heterocycles. The van der Waals surface area contributed by atoms with Crippen molar-refractivity contribution in [2.45, 2.75) is 6.61 Å². The Morgan fingerprint density at radius 3 is 2.50 bits per heavy atom. The maximum absolute atomic E-state index is 13.7. The summed E-state index contributed by atoms with van der Waals surface area (Å²) in [7, 11) is 1.60. The Bertz CT molecular complexity index is 1280. The van der Waals surface area contributed by atoms with Crippen LogP contribution in [0.25, 0.3) is 11.0 Å². The van der Waals surface area contributed by atoms with Crippen LogP contribution in [0, 0.1) is 5.82 Å². The molecule has 6 nitrogen and oxygen atoms in total. The summed E-state index contributed by atoms with van der Waals surface area (Å²) >= 11 is 0. The van der Waals surface area contributed by atoms with Crippen molar-refractivity contribution in [3.63, 3.8) is 0 Å². The van der Waals surface area contributed by atoms with E-state index in [1.807, 2.05) is 0 Å². The summed E-state index contributed by atoms with van der Waals surface area (Å²) in [6.45, 7) is 0.0927. The first-order valence-electron chi connectivity index (χ1n) is 9.26. The smallest absolute Gasteiger partial charge is 0.282 e. The van der Waals surface area contributed by atoms with E-state index in [1.165, 1.54) is 10.6 Å². The summed E-state index contributed by atoms with van der Waals surface area (Å²) in [5.74, 6) is -0.400. The van der Waals surface area contributed by atoms with Gasteiger partial charge in [0.05, 0.1) is 11.0 Å². The first kappa shape index (κ1) is 19.3. The third-order valence-electron chi connectivity index (χ3n) is 4.66. The quantitative estimate of drug-likeness (QED) is 0.549. The van der Waals surface area contributed by atoms with Crippen LogP contribution in [0.2, 0.25) is 0 Å². The molecule has 0 fully saturated rings. The van der Waals surface area contributed by atoms with E-state index < -0.39 is 11.5 Å². The van der Waals surface area contributed by atoms with Crippen LogP contribution in [0.5, 0.6) is 5.75 Å². The lowest BCUT2D eigenvalue weighted by Crippen LogP contribution is -2.29. The molecule has 0 atom stereocenters. The molecule has 1 aromatic heterocycles. The van der Waals surface area contributed by atoms with Crippen LogP contribution in [0.15, 0.2) is 77.6 Å². The number of carbonyl (C=O) groups excluding carboxylic acids is 1. The van der Waals surface area contributed by atoms with Crippen LogP contribution in [-0.2, 0) is 13.7 Å². The highest BCUT2D eigenvalue weighted by molar-refractivity contribution is 6.03. The van der Waals surface area contributed by atoms with E-state index in [9.17, 15) is 14.0 Å². The molecular formula is C23H18FN3O3. The van der Waals surface area contributed by atoms with Crippen LogP contribution >= 0.6 is 0 Å². The van der Waals surface area contributed by atoms with Gasteiger partial charge in [-0.05, 0) is 42.5 Å². The number of halogens is 1. The van der Waals surface area contributed by atoms with E-state index in [0.29, 0.717) is 28.0 Å². The number of aromatic nitrogens is 2. The Hall–Kier alpha value is -4.00. The fourth-order valence-electron chi connectivity index (χ4n) is 3.03. The predicted molar refractivity (Wildman–Crippen MR) is 112 cm³/mol. The molecule has 0 aliphatic carbocycles. The summed E-state index contributed by atoms with van der Waals surface area (Å²) in [5.41, 5.74) is 1.48. The van der Waals surface area contributed by atoms with Crippen LogP contribution in [0.4, 0.5) is 10.1 Å². The lowest BCUT2D eigenvalue weighted by molar-refractivity contribution is 0.102. The van der Waals surface area contributed by atoms with Gasteiger partial charge in [0.1, 0.15) is 18.2 Å². The Balaban J connectivity index is 1.48. The Morgan fingerprint density at radius 2 is 1.73 bits per heavy atom. The minimum atomic E-state index is -0.596. The summed E-state index contributed by atoms with van der Waals surface area (Å²) in [6.07, 6.45) is 0. The van der Waals surface area contributed by atoms with E-state index in [2.05, 4.69) is 10.3 Å². The zero-order valence-electron chi connectivity index (χ0n) is 16.1. The van der Waals surface area contributed by atoms with E-state index in [1.54, 1.807) is 73.8 Å². The standard InChI is InChI=1S/C23H18FN3O3/c1-27-20-9-5-4-8-19(20)26-21(23(27)29)22(28)25-16-10-12-17(13-11-16)30-14-15-6-2-3-7-18(15)24/h2-13H,14H2,1H3,(H,25,28). The number of aryl methyl sites for hydroxylation is 1. The largest absolute Gasteiger partial charge is 0.489 e. The molecule has 30 heavy (non-hydrogen) atoms. The second kappa shape index (κ2) is 8.16.